The van der Waals surface area contributed by atoms with Gasteiger partial charge in [-0.25, -0.2) is 9.97 Å². The van der Waals surface area contributed by atoms with Crippen molar-refractivity contribution in [3.05, 3.63) is 194 Å². The molecule has 0 radical (unpaired) electrons. The summed E-state index contributed by atoms with van der Waals surface area (Å²) in [6, 6.07) is 64.7. The van der Waals surface area contributed by atoms with Gasteiger partial charge in [-0.05, 0) is 64.7 Å². The maximum Gasteiger partial charge on any atom is 0.160 e. The van der Waals surface area contributed by atoms with Crippen LogP contribution in [0.2, 0.25) is 0 Å². The van der Waals surface area contributed by atoms with Gasteiger partial charge in [0.05, 0.1) is 22.4 Å². The topological polar surface area (TPSA) is 43.6 Å². The summed E-state index contributed by atoms with van der Waals surface area (Å²) in [5.41, 5.74) is 12.9. The molecule has 0 N–H and O–H groups in total. The van der Waals surface area contributed by atoms with Crippen LogP contribution in [0.15, 0.2) is 194 Å². The monoisotopic (exact) mass is 732 g/mol. The highest BCUT2D eigenvalue weighted by atomic mass is 32.1. The minimum Gasteiger partial charge on any atom is -0.309 e. The Labute approximate surface area is 327 Å². The molecule has 0 aliphatic carbocycles. The molecule has 5 heteroatoms. The summed E-state index contributed by atoms with van der Waals surface area (Å²) in [5, 5.41) is 5.10. The van der Waals surface area contributed by atoms with Crippen LogP contribution in [-0.2, 0) is 0 Å². The zero-order valence-electron chi connectivity index (χ0n) is 30.2. The fourth-order valence-electron chi connectivity index (χ4n) is 8.00. The Morgan fingerprint density at radius 1 is 0.411 bits per heavy atom. The predicted octanol–water partition coefficient (Wildman–Crippen LogP) is 13.7. The van der Waals surface area contributed by atoms with Gasteiger partial charge in [0.15, 0.2) is 5.82 Å². The summed E-state index contributed by atoms with van der Waals surface area (Å²) in [5.74, 6) is 0.696. The number of pyridine rings is 1. The van der Waals surface area contributed by atoms with Crippen LogP contribution in [0.4, 0.5) is 0 Å². The van der Waals surface area contributed by atoms with E-state index in [2.05, 4.69) is 167 Å². The van der Waals surface area contributed by atoms with Gasteiger partial charge in [0.25, 0.3) is 0 Å². The lowest BCUT2D eigenvalue weighted by Gasteiger charge is -2.12. The van der Waals surface area contributed by atoms with E-state index in [4.69, 9.17) is 9.97 Å². The average Bonchev–Trinajstić information content (AvgIpc) is 3.83. The maximum absolute atomic E-state index is 5.12. The quantitative estimate of drug-likeness (QED) is 0.171. The highest BCUT2D eigenvalue weighted by Crippen LogP contribution is 2.42. The number of thiophene rings is 1. The molecule has 0 aliphatic rings. The Balaban J connectivity index is 1.02. The Bertz CT molecular complexity index is 3220. The summed E-state index contributed by atoms with van der Waals surface area (Å²) in [4.78, 5) is 14.5. The normalized spacial score (nSPS) is 11.6. The number of hydrogen-bond donors (Lipinski definition) is 0. The summed E-state index contributed by atoms with van der Waals surface area (Å²) >= 11 is 1.87. The molecule has 56 heavy (non-hydrogen) atoms. The average molecular weight is 733 g/mol. The van der Waals surface area contributed by atoms with Crippen molar-refractivity contribution in [3.63, 3.8) is 0 Å². The van der Waals surface area contributed by atoms with E-state index >= 15 is 0 Å². The molecule has 4 nitrogen and oxygen atoms in total. The zero-order valence-corrected chi connectivity index (χ0v) is 31.0. The molecular weight excluding hydrogens is 701 g/mol. The van der Waals surface area contributed by atoms with Gasteiger partial charge in [-0.15, -0.1) is 11.3 Å². The number of hydrogen-bond acceptors (Lipinski definition) is 4. The lowest BCUT2D eigenvalue weighted by Crippen LogP contribution is -1.97. The summed E-state index contributed by atoms with van der Waals surface area (Å²) in [6.45, 7) is 0. The van der Waals surface area contributed by atoms with Crippen LogP contribution in [0.5, 0.6) is 0 Å². The minimum absolute atomic E-state index is 0.696. The number of para-hydroxylation sites is 1. The Morgan fingerprint density at radius 3 is 1.84 bits per heavy atom. The molecule has 4 heterocycles. The van der Waals surface area contributed by atoms with E-state index in [0.717, 1.165) is 44.9 Å². The lowest BCUT2D eigenvalue weighted by molar-refractivity contribution is 1.17. The smallest absolute Gasteiger partial charge is 0.160 e. The van der Waals surface area contributed by atoms with Crippen molar-refractivity contribution >= 4 is 53.3 Å². The molecule has 0 bridgehead atoms. The molecular formula is C51H32N4S. The minimum atomic E-state index is 0.696. The first-order chi connectivity index (χ1) is 27.7. The van der Waals surface area contributed by atoms with Gasteiger partial charge in [0, 0.05) is 65.7 Å². The van der Waals surface area contributed by atoms with Gasteiger partial charge in [-0.1, -0.05) is 140 Å². The van der Waals surface area contributed by atoms with E-state index in [0.29, 0.717) is 5.82 Å². The molecule has 0 saturated heterocycles. The Morgan fingerprint density at radius 2 is 1.05 bits per heavy atom. The van der Waals surface area contributed by atoms with E-state index in [-0.39, 0.29) is 0 Å². The van der Waals surface area contributed by atoms with Crippen molar-refractivity contribution in [3.8, 4) is 61.8 Å². The maximum atomic E-state index is 5.12. The molecule has 11 aromatic rings. The molecule has 0 atom stereocenters. The van der Waals surface area contributed by atoms with Crippen LogP contribution < -0.4 is 0 Å². The van der Waals surface area contributed by atoms with Crippen LogP contribution in [0.3, 0.4) is 0 Å². The van der Waals surface area contributed by atoms with Crippen molar-refractivity contribution in [1.29, 1.82) is 0 Å². The molecule has 0 aliphatic heterocycles. The van der Waals surface area contributed by atoms with E-state index in [1.54, 1.807) is 6.20 Å². The molecule has 4 aromatic heterocycles. The van der Waals surface area contributed by atoms with E-state index in [1.165, 1.54) is 53.1 Å². The van der Waals surface area contributed by atoms with Crippen molar-refractivity contribution in [1.82, 2.24) is 19.5 Å². The zero-order chi connectivity index (χ0) is 37.0. The number of rotatable bonds is 6. The second kappa shape index (κ2) is 13.3. The highest BCUT2D eigenvalue weighted by Gasteiger charge is 2.17. The molecule has 7 aromatic carbocycles. The molecule has 0 spiro atoms. The highest BCUT2D eigenvalue weighted by molar-refractivity contribution is 7.26. The molecule has 0 saturated carbocycles. The van der Waals surface area contributed by atoms with Gasteiger partial charge in [-0.3, -0.25) is 4.98 Å². The second-order valence-corrected chi connectivity index (χ2v) is 15.1. The van der Waals surface area contributed by atoms with Crippen LogP contribution in [-0.4, -0.2) is 19.5 Å². The summed E-state index contributed by atoms with van der Waals surface area (Å²) in [6.07, 6.45) is 3.69. The number of nitrogens with zero attached hydrogens (tertiary/aromatic N) is 4. The SMILES string of the molecule is c1ccc(-c2nc(-c3ccc(-c4cccnc4)cc3)cc(-c3ccc(-n4c5ccccc5c5ccc(-c6cccc7c6sc6ccccc67)cc54)cc3)n2)cc1. The molecule has 0 fully saturated rings. The van der Waals surface area contributed by atoms with Crippen LogP contribution in [0, 0.1) is 0 Å². The van der Waals surface area contributed by atoms with Crippen molar-refractivity contribution in [2.24, 2.45) is 0 Å². The summed E-state index contributed by atoms with van der Waals surface area (Å²) in [7, 11) is 0. The van der Waals surface area contributed by atoms with E-state index in [9.17, 15) is 0 Å². The van der Waals surface area contributed by atoms with E-state index in [1.807, 2.05) is 41.8 Å². The number of aromatic nitrogens is 4. The van der Waals surface area contributed by atoms with Crippen LogP contribution >= 0.6 is 11.3 Å². The predicted molar refractivity (Wildman–Crippen MR) is 234 cm³/mol. The van der Waals surface area contributed by atoms with E-state index < -0.39 is 0 Å². The van der Waals surface area contributed by atoms with Crippen molar-refractivity contribution < 1.29 is 0 Å². The van der Waals surface area contributed by atoms with Crippen LogP contribution in [0.25, 0.3) is 104 Å². The largest absolute Gasteiger partial charge is 0.309 e. The first-order valence-electron chi connectivity index (χ1n) is 18.8. The van der Waals surface area contributed by atoms with Gasteiger partial charge in [0.1, 0.15) is 0 Å². The third kappa shape index (κ3) is 5.48. The third-order valence-corrected chi connectivity index (χ3v) is 12.0. The number of benzene rings is 7. The Kier molecular flexibility index (Phi) is 7.64. The van der Waals surface area contributed by atoms with Gasteiger partial charge >= 0.3 is 0 Å². The second-order valence-electron chi connectivity index (χ2n) is 14.1. The molecule has 0 unspecified atom stereocenters. The number of fused-ring (bicyclic) bond motifs is 6. The van der Waals surface area contributed by atoms with Gasteiger partial charge in [-0.2, -0.15) is 0 Å². The molecule has 0 amide bonds. The van der Waals surface area contributed by atoms with Crippen LogP contribution in [0.1, 0.15) is 0 Å². The van der Waals surface area contributed by atoms with Gasteiger partial charge < -0.3 is 4.57 Å². The third-order valence-electron chi connectivity index (χ3n) is 10.7. The van der Waals surface area contributed by atoms with Crippen molar-refractivity contribution in [2.45, 2.75) is 0 Å². The fourth-order valence-corrected chi connectivity index (χ4v) is 9.24. The molecule has 11 rings (SSSR count). The van der Waals surface area contributed by atoms with Crippen molar-refractivity contribution in [2.75, 3.05) is 0 Å². The standard InChI is InChI=1S/C51H32N4S/c1-2-10-36(11-3-1)51-53-45(34-21-19-33(20-22-34)38-12-9-29-52-32-38)31-46(54-51)35-23-26-39(27-24-35)55-47-17-6-4-13-41(47)42-28-25-37(30-48(42)55)40-15-8-16-44-43-14-5-7-18-49(43)56-50(40)44/h1-32H. The summed E-state index contributed by atoms with van der Waals surface area (Å²) < 4.78 is 5.03. The Hall–Kier alpha value is -7.21. The fraction of sp³-hybridized carbons (Fsp3) is 0. The first kappa shape index (κ1) is 32.2. The lowest BCUT2D eigenvalue weighted by atomic mass is 10.0. The first-order valence-corrected chi connectivity index (χ1v) is 19.6. The molecule has 262 valence electrons. The van der Waals surface area contributed by atoms with Gasteiger partial charge in [0.2, 0.25) is 0 Å².